The molecule has 6 nitrogen and oxygen atoms in total. The summed E-state index contributed by atoms with van der Waals surface area (Å²) in [4.78, 5) is 15.1. The van der Waals surface area contributed by atoms with E-state index in [4.69, 9.17) is 0 Å². The van der Waals surface area contributed by atoms with Gasteiger partial charge in [0.15, 0.2) is 0 Å². The summed E-state index contributed by atoms with van der Waals surface area (Å²) in [6.45, 7) is 5.36. The average Bonchev–Trinajstić information content (AvgIpc) is 3.25. The fourth-order valence-corrected chi connectivity index (χ4v) is 4.55. The van der Waals surface area contributed by atoms with E-state index in [0.29, 0.717) is 11.2 Å². The van der Waals surface area contributed by atoms with Gasteiger partial charge < -0.3 is 5.32 Å². The second-order valence-electron chi connectivity index (χ2n) is 6.82. The quantitative estimate of drug-likeness (QED) is 0.658. The third-order valence-corrected chi connectivity index (χ3v) is 5.96. The number of carbonyl (C=O) groups is 1. The van der Waals surface area contributed by atoms with Gasteiger partial charge in [-0.3, -0.25) is 15.0 Å². The zero-order chi connectivity index (χ0) is 16.8. The minimum absolute atomic E-state index is 0. The monoisotopic (exact) mass is 423 g/mol. The number of hydrogen-bond donors (Lipinski definition) is 2. The summed E-state index contributed by atoms with van der Waals surface area (Å²) in [5, 5.41) is 16.5. The maximum atomic E-state index is 12.7. The van der Waals surface area contributed by atoms with Crippen LogP contribution in [0.4, 0.5) is 5.13 Å². The number of amides is 1. The van der Waals surface area contributed by atoms with Gasteiger partial charge in [-0.15, -0.1) is 35.0 Å². The van der Waals surface area contributed by atoms with Crippen molar-refractivity contribution in [3.63, 3.8) is 0 Å². The van der Waals surface area contributed by atoms with Crippen LogP contribution in [0.5, 0.6) is 0 Å². The van der Waals surface area contributed by atoms with Crippen molar-refractivity contribution in [3.05, 3.63) is 5.01 Å². The maximum absolute atomic E-state index is 12.7. The predicted molar refractivity (Wildman–Crippen MR) is 112 cm³/mol. The number of hydrogen-bond acceptors (Lipinski definition) is 6. The van der Waals surface area contributed by atoms with Gasteiger partial charge in [0.1, 0.15) is 5.01 Å². The molecule has 1 atom stereocenters. The number of rotatable bonds is 7. The molecule has 0 bridgehead atoms. The van der Waals surface area contributed by atoms with E-state index in [2.05, 4.69) is 32.7 Å². The Morgan fingerprint density at radius 3 is 2.73 bits per heavy atom. The van der Waals surface area contributed by atoms with Crippen LogP contribution in [0.1, 0.15) is 56.9 Å². The first-order chi connectivity index (χ1) is 11.8. The Balaban J connectivity index is 0.00000169. The molecule has 0 saturated carbocycles. The summed E-state index contributed by atoms with van der Waals surface area (Å²) in [6, 6.07) is 0.545. The Morgan fingerprint density at radius 2 is 2.00 bits per heavy atom. The molecule has 3 rings (SSSR count). The van der Waals surface area contributed by atoms with Crippen molar-refractivity contribution < 1.29 is 4.79 Å². The van der Waals surface area contributed by atoms with Crippen molar-refractivity contribution in [1.29, 1.82) is 0 Å². The summed E-state index contributed by atoms with van der Waals surface area (Å²) in [7, 11) is 0. The van der Waals surface area contributed by atoms with Gasteiger partial charge in [-0.1, -0.05) is 31.1 Å². The van der Waals surface area contributed by atoms with Crippen molar-refractivity contribution >= 4 is 47.2 Å². The molecule has 3 heterocycles. The lowest BCUT2D eigenvalue weighted by atomic mass is 10.0. The number of nitrogens with one attached hydrogen (secondary N) is 2. The normalized spacial score (nSPS) is 21.0. The van der Waals surface area contributed by atoms with Crippen LogP contribution >= 0.6 is 36.2 Å². The highest BCUT2D eigenvalue weighted by Gasteiger charge is 2.36. The molecular formula is C17H31Cl2N5OS. The third kappa shape index (κ3) is 6.30. The van der Waals surface area contributed by atoms with E-state index in [0.717, 1.165) is 63.2 Å². The number of carbonyl (C=O) groups excluding carboxylic acids is 1. The topological polar surface area (TPSA) is 70.2 Å². The first-order valence-corrected chi connectivity index (χ1v) is 10.2. The van der Waals surface area contributed by atoms with E-state index in [9.17, 15) is 4.79 Å². The summed E-state index contributed by atoms with van der Waals surface area (Å²) in [6.07, 6.45) is 8.88. The molecule has 0 aliphatic carbocycles. The van der Waals surface area contributed by atoms with Gasteiger partial charge in [0.25, 0.3) is 0 Å². The second kappa shape index (κ2) is 12.1. The van der Waals surface area contributed by atoms with Gasteiger partial charge >= 0.3 is 0 Å². The molecular weight excluding hydrogens is 393 g/mol. The van der Waals surface area contributed by atoms with Gasteiger partial charge in [0, 0.05) is 12.5 Å². The first-order valence-electron chi connectivity index (χ1n) is 9.37. The molecule has 26 heavy (non-hydrogen) atoms. The highest BCUT2D eigenvalue weighted by Crippen LogP contribution is 2.26. The number of halogens is 2. The Morgan fingerprint density at radius 1 is 1.23 bits per heavy atom. The fraction of sp³-hybridized carbons (Fsp3) is 0.824. The van der Waals surface area contributed by atoms with Crippen LogP contribution in [-0.4, -0.2) is 52.7 Å². The minimum Gasteiger partial charge on any atom is -0.317 e. The molecule has 1 amide bonds. The lowest BCUT2D eigenvalue weighted by Gasteiger charge is -2.34. The van der Waals surface area contributed by atoms with Gasteiger partial charge in [0.05, 0.1) is 6.04 Å². The number of likely N-dealkylation sites (tertiary alicyclic amines) is 1. The zero-order valence-electron chi connectivity index (χ0n) is 15.4. The van der Waals surface area contributed by atoms with Crippen molar-refractivity contribution in [3.8, 4) is 0 Å². The van der Waals surface area contributed by atoms with Gasteiger partial charge in [-0.25, -0.2) is 0 Å². The number of aromatic nitrogens is 2. The fourth-order valence-electron chi connectivity index (χ4n) is 3.77. The molecule has 1 aromatic heterocycles. The Hall–Kier alpha value is -0.470. The van der Waals surface area contributed by atoms with Crippen molar-refractivity contribution in [2.24, 2.45) is 0 Å². The van der Waals surface area contributed by atoms with Gasteiger partial charge in [0.2, 0.25) is 11.0 Å². The van der Waals surface area contributed by atoms with E-state index in [1.54, 1.807) is 0 Å². The molecule has 2 saturated heterocycles. The second-order valence-corrected chi connectivity index (χ2v) is 7.89. The van der Waals surface area contributed by atoms with Crippen LogP contribution < -0.4 is 10.6 Å². The molecule has 2 fully saturated rings. The Bertz CT molecular complexity index is 539. The van der Waals surface area contributed by atoms with E-state index in [1.165, 1.54) is 24.2 Å². The van der Waals surface area contributed by atoms with Crippen LogP contribution in [0.15, 0.2) is 0 Å². The third-order valence-electron chi connectivity index (χ3n) is 5.07. The minimum atomic E-state index is 0. The van der Waals surface area contributed by atoms with Crippen LogP contribution in [0.25, 0.3) is 0 Å². The average molecular weight is 424 g/mol. The van der Waals surface area contributed by atoms with Gasteiger partial charge in [-0.2, -0.15) is 0 Å². The standard InChI is InChI=1S/C17H29N5OS.2ClH/c1-2-3-4-7-15-20-21-17(24-15)19-16(23)14-6-5-12-22(14)13-8-10-18-11-9-13;;/h13-14,18H,2-12H2,1H3,(H,19,21,23);2*1H/t14-;;/m0../s1. The molecule has 150 valence electrons. The molecule has 0 aromatic carbocycles. The molecule has 0 unspecified atom stereocenters. The van der Waals surface area contributed by atoms with Gasteiger partial charge in [-0.05, 0) is 51.7 Å². The number of anilines is 1. The van der Waals surface area contributed by atoms with E-state index in [1.807, 2.05) is 0 Å². The van der Waals surface area contributed by atoms with Crippen LogP contribution in [0.3, 0.4) is 0 Å². The van der Waals surface area contributed by atoms with E-state index < -0.39 is 0 Å². The molecule has 2 aliphatic heterocycles. The molecule has 1 aromatic rings. The van der Waals surface area contributed by atoms with Crippen molar-refractivity contribution in [2.75, 3.05) is 25.0 Å². The summed E-state index contributed by atoms with van der Waals surface area (Å²) >= 11 is 1.52. The summed E-state index contributed by atoms with van der Waals surface area (Å²) in [5.41, 5.74) is 0. The molecule has 2 aliphatic rings. The van der Waals surface area contributed by atoms with Crippen molar-refractivity contribution in [2.45, 2.75) is 70.4 Å². The lowest BCUT2D eigenvalue weighted by Crippen LogP contribution is -2.49. The molecule has 0 radical (unpaired) electrons. The number of unbranched alkanes of at least 4 members (excludes halogenated alkanes) is 2. The summed E-state index contributed by atoms with van der Waals surface area (Å²) < 4.78 is 0. The van der Waals surface area contributed by atoms with E-state index in [-0.39, 0.29) is 36.8 Å². The van der Waals surface area contributed by atoms with E-state index >= 15 is 0 Å². The smallest absolute Gasteiger partial charge is 0.243 e. The number of nitrogens with zero attached hydrogens (tertiary/aromatic N) is 3. The highest BCUT2D eigenvalue weighted by atomic mass is 35.5. The van der Waals surface area contributed by atoms with Crippen LogP contribution in [0, 0.1) is 0 Å². The van der Waals surface area contributed by atoms with Crippen LogP contribution in [-0.2, 0) is 11.2 Å². The SMILES string of the molecule is CCCCCc1nnc(NC(=O)[C@@H]2CCCN2C2CCNCC2)s1.Cl.Cl. The molecule has 9 heteroatoms. The molecule has 0 spiro atoms. The Labute approximate surface area is 172 Å². The highest BCUT2D eigenvalue weighted by molar-refractivity contribution is 7.15. The number of piperidine rings is 1. The Kier molecular flexibility index (Phi) is 11.0. The van der Waals surface area contributed by atoms with Crippen LogP contribution in [0.2, 0.25) is 0 Å². The largest absolute Gasteiger partial charge is 0.317 e. The lowest BCUT2D eigenvalue weighted by molar-refractivity contribution is -0.121. The predicted octanol–water partition coefficient (Wildman–Crippen LogP) is 3.27. The zero-order valence-corrected chi connectivity index (χ0v) is 17.9. The number of aryl methyl sites for hydroxylation is 1. The summed E-state index contributed by atoms with van der Waals surface area (Å²) in [5.74, 6) is 0.0993. The van der Waals surface area contributed by atoms with Crippen molar-refractivity contribution in [1.82, 2.24) is 20.4 Å². The molecule has 2 N–H and O–H groups in total. The first kappa shape index (κ1) is 23.6. The maximum Gasteiger partial charge on any atom is 0.243 e.